The second-order valence-corrected chi connectivity index (χ2v) is 1.69. The Hall–Kier alpha value is 1.83. The van der Waals surface area contributed by atoms with E-state index in [9.17, 15) is 0 Å². The quantitative estimate of drug-likeness (QED) is 0.316. The van der Waals surface area contributed by atoms with E-state index in [0.29, 0.717) is 0 Å². The van der Waals surface area contributed by atoms with Crippen molar-refractivity contribution in [2.75, 3.05) is 5.33 Å². The molecular formula is C4H8BrIZn. The normalized spacial score (nSPS) is 7.00. The summed E-state index contributed by atoms with van der Waals surface area (Å²) in [5.41, 5.74) is 0. The molecule has 0 nitrogen and oxygen atoms in total. The summed E-state index contributed by atoms with van der Waals surface area (Å²) in [5.74, 6) is 0. The number of hydrogen-bond acceptors (Lipinski definition) is 0. The van der Waals surface area contributed by atoms with Crippen LogP contribution in [-0.4, -0.2) is 5.33 Å². The van der Waals surface area contributed by atoms with Crippen molar-refractivity contribution >= 4 is 35.7 Å². The topological polar surface area (TPSA) is 0 Å². The van der Waals surface area contributed by atoms with Crippen molar-refractivity contribution in [3.05, 3.63) is 6.92 Å². The van der Waals surface area contributed by atoms with Gasteiger partial charge >= 0.3 is 34.5 Å². The number of rotatable bonds is 2. The molecule has 0 spiro atoms. The monoisotopic (exact) mass is 326 g/mol. The molecule has 0 saturated carbocycles. The Morgan fingerprint density at radius 3 is 2.00 bits per heavy atom. The zero-order valence-electron chi connectivity index (χ0n) is 4.29. The second kappa shape index (κ2) is 15.7. The molecule has 3 heteroatoms. The number of hydrogen-bond donors (Lipinski definition) is 0. The van der Waals surface area contributed by atoms with Gasteiger partial charge in [-0.3, -0.25) is 0 Å². The van der Waals surface area contributed by atoms with E-state index in [1.807, 2.05) is 0 Å². The average molecular weight is 328 g/mol. The van der Waals surface area contributed by atoms with Crippen molar-refractivity contribution in [1.29, 1.82) is 0 Å². The molecule has 0 amide bonds. The van der Waals surface area contributed by atoms with Crippen LogP contribution in [0.15, 0.2) is 0 Å². The van der Waals surface area contributed by atoms with E-state index < -0.39 is 0 Å². The first-order chi connectivity index (χ1) is 3.41. The molecule has 0 heterocycles. The number of alkyl halides is 1. The van der Waals surface area contributed by atoms with E-state index in [2.05, 4.69) is 42.6 Å². The van der Waals surface area contributed by atoms with Crippen LogP contribution < -0.4 is 0 Å². The standard InChI is InChI=1S/C4H8Br.HI.Zn/c1-2-3-4-5;;/h1-4H2;1H;/q-1;;+2/p-1. The third-order valence-corrected chi connectivity index (χ3v) is 0.944. The maximum atomic E-state index is 3.65. The van der Waals surface area contributed by atoms with Gasteiger partial charge in [-0.05, 0) is 0 Å². The Bertz CT molecular complexity index is 19.2. The van der Waals surface area contributed by atoms with Gasteiger partial charge in [-0.25, -0.2) is 0 Å². The van der Waals surface area contributed by atoms with Gasteiger partial charge in [0.2, 0.25) is 0 Å². The fourth-order valence-electron chi connectivity index (χ4n) is 0.0945. The molecule has 0 aliphatic heterocycles. The van der Waals surface area contributed by atoms with E-state index in [1.54, 1.807) is 0 Å². The molecule has 0 radical (unpaired) electrons. The van der Waals surface area contributed by atoms with Crippen molar-refractivity contribution in [3.8, 4) is 0 Å². The zero-order valence-corrected chi connectivity index (χ0v) is 11.0. The summed E-state index contributed by atoms with van der Waals surface area (Å²) in [4.78, 5) is 0. The predicted molar refractivity (Wildman–Crippen MR) is 42.4 cm³/mol. The van der Waals surface area contributed by atoms with Gasteiger partial charge in [0.1, 0.15) is 0 Å². The Labute approximate surface area is 74.8 Å². The first-order valence-corrected chi connectivity index (χ1v) is 12.2. The molecule has 0 aromatic heterocycles. The van der Waals surface area contributed by atoms with Crippen molar-refractivity contribution < 1.29 is 14.8 Å². The molecule has 0 aliphatic carbocycles. The third-order valence-electron chi connectivity index (χ3n) is 0.384. The first-order valence-electron chi connectivity index (χ1n) is 2.03. The number of halogens is 2. The summed E-state index contributed by atoms with van der Waals surface area (Å²) in [6.07, 6.45) is 2.24. The molecule has 0 fully saturated rings. The molecule has 0 saturated heterocycles. The van der Waals surface area contributed by atoms with Crippen LogP contribution in [0.4, 0.5) is 0 Å². The molecule has 0 unspecified atom stereocenters. The molecule has 7 heavy (non-hydrogen) atoms. The van der Waals surface area contributed by atoms with E-state index >= 15 is 0 Å². The Morgan fingerprint density at radius 1 is 1.57 bits per heavy atom. The van der Waals surface area contributed by atoms with Gasteiger partial charge in [0.15, 0.2) is 0 Å². The summed E-state index contributed by atoms with van der Waals surface area (Å²) < 4.78 is 0. The molecule has 0 aromatic rings. The van der Waals surface area contributed by atoms with Crippen molar-refractivity contribution in [2.45, 2.75) is 12.8 Å². The summed E-state index contributed by atoms with van der Waals surface area (Å²) in [6, 6.07) is 0. The summed E-state index contributed by atoms with van der Waals surface area (Å²) >= 11 is 6.89. The van der Waals surface area contributed by atoms with Gasteiger partial charge < -0.3 is 6.92 Å². The van der Waals surface area contributed by atoms with Gasteiger partial charge in [-0.1, -0.05) is 22.4 Å². The van der Waals surface area contributed by atoms with Crippen LogP contribution in [-0.2, 0) is 14.8 Å². The van der Waals surface area contributed by atoms with Crippen LogP contribution in [0.1, 0.15) is 12.8 Å². The SMILES string of the molecule is [CH2-]CCCBr.[Zn+][I]. The third kappa shape index (κ3) is 18.1. The summed E-state index contributed by atoms with van der Waals surface area (Å²) in [5, 5.41) is 1.09. The molecule has 0 aliphatic rings. The molecular weight excluding hydrogens is 320 g/mol. The van der Waals surface area contributed by atoms with Crippen LogP contribution in [0.5, 0.6) is 0 Å². The minimum absolute atomic E-state index is 1.05. The summed E-state index contributed by atoms with van der Waals surface area (Å²) in [6.45, 7) is 3.65. The van der Waals surface area contributed by atoms with Gasteiger partial charge in [-0.2, -0.15) is 6.42 Å². The van der Waals surface area contributed by atoms with Crippen molar-refractivity contribution in [1.82, 2.24) is 0 Å². The molecule has 40 valence electrons. The van der Waals surface area contributed by atoms with E-state index in [-0.39, 0.29) is 0 Å². The van der Waals surface area contributed by atoms with Crippen LogP contribution in [0.2, 0.25) is 0 Å². The van der Waals surface area contributed by atoms with Crippen molar-refractivity contribution in [3.63, 3.8) is 0 Å². The van der Waals surface area contributed by atoms with Crippen LogP contribution in [0, 0.1) is 6.92 Å². The van der Waals surface area contributed by atoms with E-state index in [4.69, 9.17) is 0 Å². The molecule has 0 rings (SSSR count). The van der Waals surface area contributed by atoms with Crippen LogP contribution in [0.3, 0.4) is 0 Å². The Morgan fingerprint density at radius 2 is 2.00 bits per heavy atom. The molecule has 0 N–H and O–H groups in total. The predicted octanol–water partition coefficient (Wildman–Crippen LogP) is 2.88. The first kappa shape index (κ1) is 11.6. The van der Waals surface area contributed by atoms with Gasteiger partial charge in [-0.15, -0.1) is 0 Å². The fraction of sp³-hybridized carbons (Fsp3) is 0.750. The maximum absolute atomic E-state index is 3.65. The molecule has 0 atom stereocenters. The molecule has 0 bridgehead atoms. The van der Waals surface area contributed by atoms with Crippen LogP contribution in [0.25, 0.3) is 0 Å². The Kier molecular flexibility index (Phi) is 26.0. The van der Waals surface area contributed by atoms with E-state index in [1.165, 1.54) is 21.2 Å². The second-order valence-electron chi connectivity index (χ2n) is 0.896. The molecule has 0 aromatic carbocycles. The van der Waals surface area contributed by atoms with Crippen LogP contribution >= 0.6 is 35.7 Å². The average Bonchev–Trinajstić information content (AvgIpc) is 1.75. The van der Waals surface area contributed by atoms with E-state index in [0.717, 1.165) is 11.8 Å². The Balaban J connectivity index is 0. The summed E-state index contributed by atoms with van der Waals surface area (Å²) in [7, 11) is 0. The van der Waals surface area contributed by atoms with Gasteiger partial charge in [0, 0.05) is 5.33 Å². The van der Waals surface area contributed by atoms with Gasteiger partial charge in [0.05, 0.1) is 0 Å². The minimum atomic E-state index is 1.05. The fourth-order valence-corrected chi connectivity index (χ4v) is 0.491. The zero-order chi connectivity index (χ0) is 6.12. The number of unbranched alkanes of at least 4 members (excludes halogenated alkanes) is 1. The van der Waals surface area contributed by atoms with Crippen molar-refractivity contribution in [2.24, 2.45) is 0 Å². The van der Waals surface area contributed by atoms with Gasteiger partial charge in [0.25, 0.3) is 0 Å².